The van der Waals surface area contributed by atoms with Crippen LogP contribution in [0.15, 0.2) is 12.1 Å². The minimum atomic E-state index is -0.330. The van der Waals surface area contributed by atoms with Crippen LogP contribution in [0.1, 0.15) is 23.6 Å². The molecule has 0 bridgehead atoms. The Balaban J connectivity index is 3.08. The third kappa shape index (κ3) is 3.22. The molecule has 18 heavy (non-hydrogen) atoms. The van der Waals surface area contributed by atoms with E-state index < -0.39 is 0 Å². The molecular formula is C13H16N2O3. The number of hydrogen-bond donors (Lipinski definition) is 1. The van der Waals surface area contributed by atoms with Gasteiger partial charge in [0.1, 0.15) is 5.75 Å². The number of ether oxygens (including phenoxy) is 2. The Morgan fingerprint density at radius 1 is 1.50 bits per heavy atom. The highest BCUT2D eigenvalue weighted by Gasteiger charge is 2.12. The second-order valence-electron chi connectivity index (χ2n) is 3.62. The van der Waals surface area contributed by atoms with Gasteiger partial charge in [-0.05, 0) is 24.6 Å². The van der Waals surface area contributed by atoms with Gasteiger partial charge in [0.05, 0.1) is 31.8 Å². The SMILES string of the molecule is CCOC(=O)Cc1cc(C#N)c(CN)c(OC)c1. The molecule has 1 aromatic rings. The van der Waals surface area contributed by atoms with Crippen LogP contribution in [-0.4, -0.2) is 19.7 Å². The van der Waals surface area contributed by atoms with Gasteiger partial charge < -0.3 is 15.2 Å². The molecule has 0 aliphatic heterocycles. The predicted octanol–water partition coefficient (Wildman–Crippen LogP) is 1.13. The summed E-state index contributed by atoms with van der Waals surface area (Å²) in [5.41, 5.74) is 7.33. The van der Waals surface area contributed by atoms with Gasteiger partial charge in [-0.2, -0.15) is 5.26 Å². The molecule has 0 saturated heterocycles. The topological polar surface area (TPSA) is 85.3 Å². The molecule has 0 aliphatic carbocycles. The zero-order valence-corrected chi connectivity index (χ0v) is 10.5. The fraction of sp³-hybridized carbons (Fsp3) is 0.385. The monoisotopic (exact) mass is 248 g/mol. The number of esters is 1. The van der Waals surface area contributed by atoms with E-state index in [2.05, 4.69) is 6.07 Å². The summed E-state index contributed by atoms with van der Waals surface area (Å²) in [4.78, 5) is 11.4. The predicted molar refractivity (Wildman–Crippen MR) is 65.9 cm³/mol. The van der Waals surface area contributed by atoms with E-state index in [1.807, 2.05) is 0 Å². The molecule has 0 heterocycles. The number of methoxy groups -OCH3 is 1. The van der Waals surface area contributed by atoms with Gasteiger partial charge in [0.2, 0.25) is 0 Å². The molecule has 96 valence electrons. The second kappa shape index (κ2) is 6.62. The standard InChI is InChI=1S/C13H16N2O3/c1-3-18-13(16)6-9-4-10(7-14)11(8-15)12(5-9)17-2/h4-5H,3,6,8,15H2,1-2H3. The second-order valence-corrected chi connectivity index (χ2v) is 3.62. The van der Waals surface area contributed by atoms with Crippen molar-refractivity contribution in [3.8, 4) is 11.8 Å². The number of nitrogens with two attached hydrogens (primary N) is 1. The first kappa shape index (κ1) is 14.0. The third-order valence-electron chi connectivity index (χ3n) is 2.47. The molecule has 0 spiro atoms. The summed E-state index contributed by atoms with van der Waals surface area (Å²) in [6.45, 7) is 2.30. The molecule has 0 saturated carbocycles. The zero-order chi connectivity index (χ0) is 13.5. The van der Waals surface area contributed by atoms with Crippen molar-refractivity contribution in [3.05, 3.63) is 28.8 Å². The van der Waals surface area contributed by atoms with Gasteiger partial charge in [0.25, 0.3) is 0 Å². The van der Waals surface area contributed by atoms with Gasteiger partial charge in [0.15, 0.2) is 0 Å². The van der Waals surface area contributed by atoms with Crippen LogP contribution in [0.5, 0.6) is 5.75 Å². The van der Waals surface area contributed by atoms with Gasteiger partial charge in [-0.25, -0.2) is 0 Å². The molecule has 0 unspecified atom stereocenters. The Hall–Kier alpha value is -2.06. The van der Waals surface area contributed by atoms with Crippen molar-refractivity contribution < 1.29 is 14.3 Å². The number of carbonyl (C=O) groups excluding carboxylic acids is 1. The number of carbonyl (C=O) groups is 1. The number of hydrogen-bond acceptors (Lipinski definition) is 5. The van der Waals surface area contributed by atoms with Crippen LogP contribution in [0.4, 0.5) is 0 Å². The fourth-order valence-corrected chi connectivity index (χ4v) is 1.68. The molecule has 0 amide bonds. The lowest BCUT2D eigenvalue weighted by atomic mass is 10.0. The minimum absolute atomic E-state index is 0.115. The van der Waals surface area contributed by atoms with Gasteiger partial charge in [-0.15, -0.1) is 0 Å². The maximum Gasteiger partial charge on any atom is 0.310 e. The van der Waals surface area contributed by atoms with Crippen LogP contribution in [0.25, 0.3) is 0 Å². The third-order valence-corrected chi connectivity index (χ3v) is 2.47. The quantitative estimate of drug-likeness (QED) is 0.789. The zero-order valence-electron chi connectivity index (χ0n) is 10.5. The summed E-state index contributed by atoms with van der Waals surface area (Å²) in [6, 6.07) is 5.40. The molecule has 5 heteroatoms. The van der Waals surface area contributed by atoms with Gasteiger partial charge in [-0.1, -0.05) is 0 Å². The van der Waals surface area contributed by atoms with Crippen LogP contribution < -0.4 is 10.5 Å². The number of nitrogens with zero attached hydrogens (tertiary/aromatic N) is 1. The van der Waals surface area contributed by atoms with Crippen molar-refractivity contribution in [1.82, 2.24) is 0 Å². The van der Waals surface area contributed by atoms with E-state index >= 15 is 0 Å². The molecule has 5 nitrogen and oxygen atoms in total. The Kier molecular flexibility index (Phi) is 5.15. The Morgan fingerprint density at radius 2 is 2.22 bits per heavy atom. The van der Waals surface area contributed by atoms with Crippen LogP contribution in [0.3, 0.4) is 0 Å². The van der Waals surface area contributed by atoms with E-state index in [-0.39, 0.29) is 18.9 Å². The van der Waals surface area contributed by atoms with Crippen molar-refractivity contribution in [2.24, 2.45) is 5.73 Å². The van der Waals surface area contributed by atoms with Crippen molar-refractivity contribution in [2.75, 3.05) is 13.7 Å². The van der Waals surface area contributed by atoms with Crippen molar-refractivity contribution in [2.45, 2.75) is 19.9 Å². The van der Waals surface area contributed by atoms with Crippen molar-refractivity contribution in [3.63, 3.8) is 0 Å². The van der Waals surface area contributed by atoms with Gasteiger partial charge >= 0.3 is 5.97 Å². The first-order chi connectivity index (χ1) is 8.65. The molecule has 1 rings (SSSR count). The largest absolute Gasteiger partial charge is 0.496 e. The molecule has 0 radical (unpaired) electrons. The van der Waals surface area contributed by atoms with E-state index in [1.54, 1.807) is 19.1 Å². The highest BCUT2D eigenvalue weighted by Crippen LogP contribution is 2.24. The Morgan fingerprint density at radius 3 is 2.72 bits per heavy atom. The molecule has 1 aromatic carbocycles. The molecule has 0 aromatic heterocycles. The minimum Gasteiger partial charge on any atom is -0.496 e. The maximum absolute atomic E-state index is 11.4. The van der Waals surface area contributed by atoms with Crippen molar-refractivity contribution >= 4 is 5.97 Å². The lowest BCUT2D eigenvalue weighted by Gasteiger charge is -2.11. The number of rotatable bonds is 5. The van der Waals surface area contributed by atoms with Crippen LogP contribution >= 0.6 is 0 Å². The first-order valence-corrected chi connectivity index (χ1v) is 5.61. The van der Waals surface area contributed by atoms with E-state index in [0.29, 0.717) is 29.0 Å². The van der Waals surface area contributed by atoms with Crippen LogP contribution in [-0.2, 0) is 22.5 Å². The summed E-state index contributed by atoms with van der Waals surface area (Å²) >= 11 is 0. The Labute approximate surface area is 106 Å². The summed E-state index contributed by atoms with van der Waals surface area (Å²) < 4.78 is 10.0. The molecule has 0 aliphatic rings. The van der Waals surface area contributed by atoms with E-state index in [1.165, 1.54) is 7.11 Å². The van der Waals surface area contributed by atoms with Crippen LogP contribution in [0.2, 0.25) is 0 Å². The molecular weight excluding hydrogens is 232 g/mol. The van der Waals surface area contributed by atoms with Crippen LogP contribution in [0, 0.1) is 11.3 Å². The molecule has 0 fully saturated rings. The normalized spacial score (nSPS) is 9.67. The van der Waals surface area contributed by atoms with E-state index in [0.717, 1.165) is 0 Å². The molecule has 2 N–H and O–H groups in total. The first-order valence-electron chi connectivity index (χ1n) is 5.61. The van der Waals surface area contributed by atoms with E-state index in [4.69, 9.17) is 20.5 Å². The summed E-state index contributed by atoms with van der Waals surface area (Å²) in [5.74, 6) is 0.194. The highest BCUT2D eigenvalue weighted by molar-refractivity contribution is 5.73. The van der Waals surface area contributed by atoms with Gasteiger partial charge in [0, 0.05) is 12.1 Å². The average molecular weight is 248 g/mol. The fourth-order valence-electron chi connectivity index (χ4n) is 1.68. The van der Waals surface area contributed by atoms with E-state index in [9.17, 15) is 4.79 Å². The number of nitriles is 1. The smallest absolute Gasteiger partial charge is 0.310 e. The maximum atomic E-state index is 11.4. The van der Waals surface area contributed by atoms with Crippen molar-refractivity contribution in [1.29, 1.82) is 5.26 Å². The summed E-state index contributed by atoms with van der Waals surface area (Å²) in [7, 11) is 1.50. The average Bonchev–Trinajstić information content (AvgIpc) is 2.37. The Bertz CT molecular complexity index is 478. The number of benzene rings is 1. The lowest BCUT2D eigenvalue weighted by Crippen LogP contribution is -2.09. The summed E-state index contributed by atoms with van der Waals surface area (Å²) in [6.07, 6.45) is 0.115. The summed E-state index contributed by atoms with van der Waals surface area (Å²) in [5, 5.41) is 9.05. The molecule has 0 atom stereocenters. The highest BCUT2D eigenvalue weighted by atomic mass is 16.5. The lowest BCUT2D eigenvalue weighted by molar-refractivity contribution is -0.142. The van der Waals surface area contributed by atoms with Gasteiger partial charge in [-0.3, -0.25) is 4.79 Å².